The summed E-state index contributed by atoms with van der Waals surface area (Å²) in [7, 11) is 1.79. The lowest BCUT2D eigenvalue weighted by molar-refractivity contribution is -0.140. The average molecular weight is 249 g/mol. The number of aliphatic carboxylic acids is 1. The zero-order valence-corrected chi connectivity index (χ0v) is 9.58. The lowest BCUT2D eigenvalue weighted by Crippen LogP contribution is -2.35. The first-order valence-electron chi connectivity index (χ1n) is 5.16. The van der Waals surface area contributed by atoms with Crippen molar-refractivity contribution in [1.29, 1.82) is 0 Å². The van der Waals surface area contributed by atoms with Crippen LogP contribution in [-0.4, -0.2) is 39.0 Å². The molecule has 1 aromatic rings. The average Bonchev–Trinajstić information content (AvgIpc) is 2.79. The number of urea groups is 1. The summed E-state index contributed by atoms with van der Waals surface area (Å²) in [4.78, 5) is 34.4. The second-order valence-corrected chi connectivity index (χ2v) is 3.82. The summed E-state index contributed by atoms with van der Waals surface area (Å²) in [6.07, 6.45) is 3.30. The van der Waals surface area contributed by atoms with Crippen LogP contribution in [0.2, 0.25) is 0 Å². The zero-order chi connectivity index (χ0) is 13.3. The topological polar surface area (TPSA) is 91.6 Å². The van der Waals surface area contributed by atoms with Crippen molar-refractivity contribution < 1.29 is 19.5 Å². The van der Waals surface area contributed by atoms with Crippen molar-refractivity contribution in [3.63, 3.8) is 0 Å². The molecule has 7 nitrogen and oxygen atoms in total. The van der Waals surface area contributed by atoms with Crippen LogP contribution in [0.3, 0.4) is 0 Å². The third-order valence-corrected chi connectivity index (χ3v) is 2.53. The minimum Gasteiger partial charge on any atom is -0.480 e. The van der Waals surface area contributed by atoms with Gasteiger partial charge in [-0.3, -0.25) is 9.59 Å². The smallest absolute Gasteiger partial charge is 0.329 e. The molecule has 0 bridgehead atoms. The lowest BCUT2D eigenvalue weighted by atomic mass is 10.3. The number of hydrogen-bond donors (Lipinski definition) is 2. The van der Waals surface area contributed by atoms with Crippen LogP contribution in [0.25, 0.3) is 6.08 Å². The summed E-state index contributed by atoms with van der Waals surface area (Å²) < 4.78 is 1.77. The molecule has 0 aliphatic carbocycles. The number of carboxylic acid groups (broad SMARTS) is 1. The second-order valence-electron chi connectivity index (χ2n) is 3.82. The van der Waals surface area contributed by atoms with Gasteiger partial charge in [-0.1, -0.05) is 0 Å². The number of carbonyl (C=O) groups excluding carboxylic acids is 2. The van der Waals surface area contributed by atoms with E-state index in [-0.39, 0.29) is 5.70 Å². The molecule has 2 heterocycles. The summed E-state index contributed by atoms with van der Waals surface area (Å²) in [5.74, 6) is -1.87. The Kier molecular flexibility index (Phi) is 2.88. The highest BCUT2D eigenvalue weighted by Crippen LogP contribution is 2.13. The number of hydrogen-bond acceptors (Lipinski definition) is 3. The maximum atomic E-state index is 11.8. The highest BCUT2D eigenvalue weighted by Gasteiger charge is 2.34. The van der Waals surface area contributed by atoms with E-state index >= 15 is 0 Å². The maximum absolute atomic E-state index is 11.8. The van der Waals surface area contributed by atoms with Gasteiger partial charge in [0.1, 0.15) is 12.2 Å². The normalized spacial score (nSPS) is 17.4. The van der Waals surface area contributed by atoms with Gasteiger partial charge in [0, 0.05) is 18.9 Å². The van der Waals surface area contributed by atoms with Gasteiger partial charge in [-0.25, -0.2) is 9.69 Å². The van der Waals surface area contributed by atoms with E-state index in [1.165, 1.54) is 6.08 Å². The minimum atomic E-state index is -1.24. The van der Waals surface area contributed by atoms with Gasteiger partial charge in [0.25, 0.3) is 5.91 Å². The van der Waals surface area contributed by atoms with Crippen molar-refractivity contribution in [2.45, 2.75) is 0 Å². The third-order valence-electron chi connectivity index (χ3n) is 2.53. The Morgan fingerprint density at radius 2 is 2.22 bits per heavy atom. The lowest BCUT2D eigenvalue weighted by Gasteiger charge is -2.06. The number of nitrogens with zero attached hydrogens (tertiary/aromatic N) is 2. The molecule has 2 N–H and O–H groups in total. The molecule has 0 aromatic carbocycles. The molecule has 1 fully saturated rings. The highest BCUT2D eigenvalue weighted by molar-refractivity contribution is 6.15. The maximum Gasteiger partial charge on any atom is 0.329 e. The number of amides is 3. The van der Waals surface area contributed by atoms with Crippen LogP contribution in [0.4, 0.5) is 4.79 Å². The number of rotatable bonds is 3. The largest absolute Gasteiger partial charge is 0.480 e. The second kappa shape index (κ2) is 4.36. The molecule has 3 amide bonds. The van der Waals surface area contributed by atoms with E-state index in [9.17, 15) is 14.4 Å². The van der Waals surface area contributed by atoms with Crippen LogP contribution in [0.1, 0.15) is 5.69 Å². The van der Waals surface area contributed by atoms with Gasteiger partial charge in [0.2, 0.25) is 0 Å². The number of carboxylic acids is 1. The van der Waals surface area contributed by atoms with Crippen LogP contribution in [0, 0.1) is 0 Å². The Labute approximate surface area is 102 Å². The van der Waals surface area contributed by atoms with Gasteiger partial charge in [-0.2, -0.15) is 0 Å². The van der Waals surface area contributed by atoms with Crippen LogP contribution in [0.5, 0.6) is 0 Å². The van der Waals surface area contributed by atoms with Crippen molar-refractivity contribution in [3.8, 4) is 0 Å². The minimum absolute atomic E-state index is 0.0723. The fourth-order valence-corrected chi connectivity index (χ4v) is 1.62. The van der Waals surface area contributed by atoms with Crippen LogP contribution >= 0.6 is 0 Å². The molecule has 1 aliphatic rings. The molecule has 1 aliphatic heterocycles. The molecular weight excluding hydrogens is 238 g/mol. The number of aromatic nitrogens is 1. The van der Waals surface area contributed by atoms with Crippen molar-refractivity contribution in [2.75, 3.05) is 6.54 Å². The van der Waals surface area contributed by atoms with Crippen LogP contribution < -0.4 is 5.32 Å². The fraction of sp³-hybridized carbons (Fsp3) is 0.182. The van der Waals surface area contributed by atoms with Crippen LogP contribution in [-0.2, 0) is 16.6 Å². The monoisotopic (exact) mass is 249 g/mol. The molecule has 0 saturated carbocycles. The number of nitrogens with one attached hydrogen (secondary N) is 1. The molecule has 0 spiro atoms. The van der Waals surface area contributed by atoms with E-state index in [1.807, 2.05) is 0 Å². The summed E-state index contributed by atoms with van der Waals surface area (Å²) in [6, 6.07) is 2.84. The molecule has 1 saturated heterocycles. The highest BCUT2D eigenvalue weighted by atomic mass is 16.4. The van der Waals surface area contributed by atoms with E-state index in [1.54, 1.807) is 29.9 Å². The number of carbonyl (C=O) groups is 3. The fourth-order valence-electron chi connectivity index (χ4n) is 1.62. The van der Waals surface area contributed by atoms with Crippen molar-refractivity contribution >= 4 is 24.0 Å². The molecule has 2 rings (SSSR count). The predicted octanol–water partition coefficient (Wildman–Crippen LogP) is 0.00240. The quantitative estimate of drug-likeness (QED) is 0.582. The van der Waals surface area contributed by atoms with E-state index in [2.05, 4.69) is 5.32 Å². The molecule has 18 heavy (non-hydrogen) atoms. The number of aryl methyl sites for hydroxylation is 1. The Bertz CT molecular complexity index is 558. The molecule has 0 unspecified atom stereocenters. The summed E-state index contributed by atoms with van der Waals surface area (Å²) in [5, 5.41) is 10.9. The van der Waals surface area contributed by atoms with Crippen LogP contribution in [0.15, 0.2) is 24.0 Å². The Morgan fingerprint density at radius 3 is 2.78 bits per heavy atom. The van der Waals surface area contributed by atoms with Crippen molar-refractivity contribution in [3.05, 3.63) is 29.7 Å². The Balaban J connectivity index is 2.25. The van der Waals surface area contributed by atoms with Gasteiger partial charge >= 0.3 is 12.0 Å². The van der Waals surface area contributed by atoms with E-state index < -0.39 is 24.5 Å². The SMILES string of the molecule is Cn1cccc1/C=C1/NC(=O)N(CC(=O)O)C1=O. The van der Waals surface area contributed by atoms with Gasteiger partial charge in [-0.15, -0.1) is 0 Å². The predicted molar refractivity (Wildman–Crippen MR) is 61.3 cm³/mol. The Hall–Kier alpha value is -2.57. The first-order valence-corrected chi connectivity index (χ1v) is 5.16. The molecule has 0 radical (unpaired) electrons. The standard InChI is InChI=1S/C11H11N3O4/c1-13-4-2-3-7(13)5-8-10(17)14(6-9(15)16)11(18)12-8/h2-5H,6H2,1H3,(H,12,18)(H,15,16)/b8-5+. The molecule has 7 heteroatoms. The Morgan fingerprint density at radius 1 is 1.50 bits per heavy atom. The van der Waals surface area contributed by atoms with Gasteiger partial charge in [0.15, 0.2) is 0 Å². The van der Waals surface area contributed by atoms with E-state index in [0.29, 0.717) is 4.90 Å². The van der Waals surface area contributed by atoms with Gasteiger partial charge < -0.3 is 15.0 Å². The molecule has 1 aromatic heterocycles. The zero-order valence-electron chi connectivity index (χ0n) is 9.58. The molecular formula is C11H11N3O4. The van der Waals surface area contributed by atoms with Gasteiger partial charge in [0.05, 0.1) is 0 Å². The van der Waals surface area contributed by atoms with E-state index in [4.69, 9.17) is 5.11 Å². The molecule has 0 atom stereocenters. The van der Waals surface area contributed by atoms with E-state index in [0.717, 1.165) is 5.69 Å². The summed E-state index contributed by atoms with van der Waals surface area (Å²) in [5.41, 5.74) is 0.805. The molecule has 94 valence electrons. The van der Waals surface area contributed by atoms with Gasteiger partial charge in [-0.05, 0) is 18.2 Å². The first kappa shape index (κ1) is 11.9. The summed E-state index contributed by atoms with van der Waals surface area (Å²) >= 11 is 0. The number of imide groups is 1. The first-order chi connectivity index (χ1) is 8.49. The van der Waals surface area contributed by atoms with Crippen molar-refractivity contribution in [1.82, 2.24) is 14.8 Å². The van der Waals surface area contributed by atoms with Crippen molar-refractivity contribution in [2.24, 2.45) is 7.05 Å². The third kappa shape index (κ3) is 2.10. The summed E-state index contributed by atoms with van der Waals surface area (Å²) in [6.45, 7) is -0.644.